The Morgan fingerprint density at radius 2 is 2.04 bits per heavy atom. The Morgan fingerprint density at radius 3 is 2.88 bits per heavy atom. The van der Waals surface area contributed by atoms with Crippen molar-refractivity contribution in [3.8, 4) is 23.0 Å². The molecule has 0 aliphatic carbocycles. The fourth-order valence-corrected chi connectivity index (χ4v) is 2.71. The van der Waals surface area contributed by atoms with Crippen LogP contribution in [0.25, 0.3) is 23.0 Å². The van der Waals surface area contributed by atoms with Crippen LogP contribution in [0.1, 0.15) is 6.42 Å². The van der Waals surface area contributed by atoms with E-state index < -0.39 is 0 Å². The highest BCUT2D eigenvalue weighted by Gasteiger charge is 2.14. The van der Waals surface area contributed by atoms with Gasteiger partial charge in [-0.25, -0.2) is 4.98 Å². The minimum Gasteiger partial charge on any atom is -0.355 e. The van der Waals surface area contributed by atoms with E-state index in [9.17, 15) is 0 Å². The van der Waals surface area contributed by atoms with Crippen LogP contribution in [-0.4, -0.2) is 46.3 Å². The average Bonchev–Trinajstić information content (AvgIpc) is 2.98. The first-order valence-electron chi connectivity index (χ1n) is 8.07. The molecule has 0 atom stereocenters. The van der Waals surface area contributed by atoms with E-state index >= 15 is 0 Å². The van der Waals surface area contributed by atoms with E-state index in [1.54, 1.807) is 12.4 Å². The summed E-state index contributed by atoms with van der Waals surface area (Å²) in [5.74, 6) is 1.91. The Labute approximate surface area is 139 Å². The normalized spacial score (nSPS) is 15.2. The van der Waals surface area contributed by atoms with E-state index in [1.807, 2.05) is 30.3 Å². The number of pyridine rings is 2. The third-order valence-electron chi connectivity index (χ3n) is 3.98. The number of aromatic nitrogens is 4. The molecule has 0 amide bonds. The maximum Gasteiger partial charge on any atom is 0.259 e. The summed E-state index contributed by atoms with van der Waals surface area (Å²) in [6.07, 6.45) is 4.61. The second kappa shape index (κ2) is 6.76. The minimum absolute atomic E-state index is 0.451. The molecule has 7 nitrogen and oxygen atoms in total. The SMILES string of the molecule is c1ccc(-c2noc(-c3ccc(N4CCCNCC4)nc3)n2)nc1. The molecule has 0 bridgehead atoms. The third kappa shape index (κ3) is 3.11. The number of nitrogens with zero attached hydrogens (tertiary/aromatic N) is 5. The van der Waals surface area contributed by atoms with Gasteiger partial charge in [-0.1, -0.05) is 11.2 Å². The molecule has 3 aromatic rings. The first-order chi connectivity index (χ1) is 11.9. The standard InChI is InChI=1S/C17H18N6O/c1-2-8-19-14(4-1)16-21-17(24-22-16)13-5-6-15(20-12-13)23-10-3-7-18-9-11-23/h1-2,4-6,8,12,18H,3,7,9-11H2. The Bertz CT molecular complexity index is 778. The Balaban J connectivity index is 1.54. The van der Waals surface area contributed by atoms with Crippen molar-refractivity contribution in [1.82, 2.24) is 25.4 Å². The van der Waals surface area contributed by atoms with Crippen LogP contribution in [0, 0.1) is 0 Å². The maximum atomic E-state index is 5.35. The van der Waals surface area contributed by atoms with Crippen LogP contribution in [0.4, 0.5) is 5.82 Å². The first kappa shape index (κ1) is 14.8. The molecule has 1 aliphatic rings. The van der Waals surface area contributed by atoms with Gasteiger partial charge in [0.15, 0.2) is 0 Å². The second-order valence-corrected chi connectivity index (χ2v) is 5.63. The molecular formula is C17H18N6O. The predicted molar refractivity (Wildman–Crippen MR) is 90.5 cm³/mol. The van der Waals surface area contributed by atoms with Gasteiger partial charge in [0.2, 0.25) is 5.82 Å². The molecule has 1 fully saturated rings. The van der Waals surface area contributed by atoms with Crippen molar-refractivity contribution in [3.05, 3.63) is 42.7 Å². The van der Waals surface area contributed by atoms with Crippen molar-refractivity contribution in [1.29, 1.82) is 0 Å². The lowest BCUT2D eigenvalue weighted by Crippen LogP contribution is -2.28. The summed E-state index contributed by atoms with van der Waals surface area (Å²) in [7, 11) is 0. The molecule has 1 N–H and O–H groups in total. The monoisotopic (exact) mass is 322 g/mol. The fourth-order valence-electron chi connectivity index (χ4n) is 2.71. The lowest BCUT2D eigenvalue weighted by molar-refractivity contribution is 0.432. The van der Waals surface area contributed by atoms with Gasteiger partial charge in [0.1, 0.15) is 11.5 Å². The average molecular weight is 322 g/mol. The number of hydrogen-bond donors (Lipinski definition) is 1. The predicted octanol–water partition coefficient (Wildman–Crippen LogP) is 1.99. The van der Waals surface area contributed by atoms with Crippen LogP contribution >= 0.6 is 0 Å². The summed E-state index contributed by atoms with van der Waals surface area (Å²) < 4.78 is 5.35. The quantitative estimate of drug-likeness (QED) is 0.790. The van der Waals surface area contributed by atoms with Crippen molar-refractivity contribution < 1.29 is 4.52 Å². The van der Waals surface area contributed by atoms with Crippen LogP contribution in [0.15, 0.2) is 47.2 Å². The molecule has 0 unspecified atom stereocenters. The second-order valence-electron chi connectivity index (χ2n) is 5.63. The molecular weight excluding hydrogens is 304 g/mol. The van der Waals surface area contributed by atoms with Gasteiger partial charge in [-0.05, 0) is 37.2 Å². The highest BCUT2D eigenvalue weighted by atomic mass is 16.5. The van der Waals surface area contributed by atoms with Gasteiger partial charge in [0.05, 0.1) is 5.56 Å². The Kier molecular flexibility index (Phi) is 4.16. The van der Waals surface area contributed by atoms with Crippen LogP contribution in [-0.2, 0) is 0 Å². The zero-order chi connectivity index (χ0) is 16.2. The molecule has 24 heavy (non-hydrogen) atoms. The molecule has 1 aliphatic heterocycles. The van der Waals surface area contributed by atoms with E-state index in [0.717, 1.165) is 44.0 Å². The van der Waals surface area contributed by atoms with E-state index in [1.165, 1.54) is 0 Å². The number of anilines is 1. The zero-order valence-electron chi connectivity index (χ0n) is 13.2. The van der Waals surface area contributed by atoms with Crippen molar-refractivity contribution in [2.75, 3.05) is 31.1 Å². The van der Waals surface area contributed by atoms with Crippen LogP contribution in [0.2, 0.25) is 0 Å². The summed E-state index contributed by atoms with van der Waals surface area (Å²) in [5.41, 5.74) is 1.50. The Hall–Kier alpha value is -2.80. The van der Waals surface area contributed by atoms with Crippen molar-refractivity contribution in [2.24, 2.45) is 0 Å². The van der Waals surface area contributed by atoms with Crippen LogP contribution in [0.3, 0.4) is 0 Å². The summed E-state index contributed by atoms with van der Waals surface area (Å²) in [6.45, 7) is 4.04. The molecule has 1 saturated heterocycles. The zero-order valence-corrected chi connectivity index (χ0v) is 13.2. The summed E-state index contributed by atoms with van der Waals surface area (Å²) in [6, 6.07) is 9.57. The first-order valence-corrected chi connectivity index (χ1v) is 8.07. The summed E-state index contributed by atoms with van der Waals surface area (Å²) >= 11 is 0. The molecule has 0 aromatic carbocycles. The van der Waals surface area contributed by atoms with Gasteiger partial charge in [-0.3, -0.25) is 4.98 Å². The fraction of sp³-hybridized carbons (Fsp3) is 0.294. The van der Waals surface area contributed by atoms with E-state index in [0.29, 0.717) is 17.4 Å². The molecule has 0 saturated carbocycles. The third-order valence-corrected chi connectivity index (χ3v) is 3.98. The van der Waals surface area contributed by atoms with Crippen molar-refractivity contribution in [3.63, 3.8) is 0 Å². The van der Waals surface area contributed by atoms with Crippen LogP contribution < -0.4 is 10.2 Å². The highest BCUT2D eigenvalue weighted by molar-refractivity contribution is 5.58. The summed E-state index contributed by atoms with van der Waals surface area (Å²) in [5, 5.41) is 7.39. The molecule has 0 spiro atoms. The van der Waals surface area contributed by atoms with Gasteiger partial charge in [0, 0.05) is 32.0 Å². The summed E-state index contributed by atoms with van der Waals surface area (Å²) in [4.78, 5) is 15.5. The smallest absolute Gasteiger partial charge is 0.259 e. The van der Waals surface area contributed by atoms with Gasteiger partial charge in [-0.15, -0.1) is 0 Å². The molecule has 0 radical (unpaired) electrons. The lowest BCUT2D eigenvalue weighted by atomic mass is 10.2. The van der Waals surface area contributed by atoms with Crippen LogP contribution in [0.5, 0.6) is 0 Å². The van der Waals surface area contributed by atoms with Gasteiger partial charge in [0.25, 0.3) is 5.89 Å². The molecule has 4 rings (SSSR count). The molecule has 3 aromatic heterocycles. The van der Waals surface area contributed by atoms with E-state index in [4.69, 9.17) is 4.52 Å². The molecule has 122 valence electrons. The number of hydrogen-bond acceptors (Lipinski definition) is 7. The van der Waals surface area contributed by atoms with E-state index in [-0.39, 0.29) is 0 Å². The highest BCUT2D eigenvalue weighted by Crippen LogP contribution is 2.22. The van der Waals surface area contributed by atoms with E-state index in [2.05, 4.69) is 30.3 Å². The topological polar surface area (TPSA) is 80.0 Å². The largest absolute Gasteiger partial charge is 0.355 e. The van der Waals surface area contributed by atoms with Gasteiger partial charge < -0.3 is 14.7 Å². The van der Waals surface area contributed by atoms with Crippen molar-refractivity contribution in [2.45, 2.75) is 6.42 Å². The van der Waals surface area contributed by atoms with Crippen molar-refractivity contribution >= 4 is 5.82 Å². The lowest BCUT2D eigenvalue weighted by Gasteiger charge is -2.20. The molecule has 4 heterocycles. The minimum atomic E-state index is 0.451. The Morgan fingerprint density at radius 1 is 1.04 bits per heavy atom. The maximum absolute atomic E-state index is 5.35. The molecule has 7 heteroatoms. The number of rotatable bonds is 3. The van der Waals surface area contributed by atoms with Gasteiger partial charge in [-0.2, -0.15) is 4.98 Å². The number of nitrogens with one attached hydrogen (secondary N) is 1. The van der Waals surface area contributed by atoms with Gasteiger partial charge >= 0.3 is 0 Å².